The molecule has 24 heavy (non-hydrogen) atoms. The minimum absolute atomic E-state index is 0.0788. The molecule has 1 heterocycles. The highest BCUT2D eigenvalue weighted by Gasteiger charge is 2.30. The summed E-state index contributed by atoms with van der Waals surface area (Å²) in [5.74, 6) is -0.442. The molecular formula is C17H14F3N3O. The van der Waals surface area contributed by atoms with Crippen LogP contribution < -0.4 is 5.32 Å². The minimum Gasteiger partial charge on any atom is -0.324 e. The number of amides is 1. The molecule has 0 aliphatic rings. The number of alkyl halides is 3. The molecule has 0 bridgehead atoms. The predicted octanol–water partition coefficient (Wildman–Crippen LogP) is 4.00. The Kier molecular flexibility index (Phi) is 4.01. The molecule has 3 rings (SSSR count). The number of carbonyl (C=O) groups excluding carboxylic acids is 1. The summed E-state index contributed by atoms with van der Waals surface area (Å²) in [7, 11) is 0. The fourth-order valence-electron chi connectivity index (χ4n) is 2.52. The molecule has 0 aliphatic carbocycles. The highest BCUT2D eigenvalue weighted by atomic mass is 19.4. The van der Waals surface area contributed by atoms with Gasteiger partial charge in [0.2, 0.25) is 5.91 Å². The molecule has 0 atom stereocenters. The standard InChI is InChI=1S/C17H14F3N3O/c1-11-14-7-2-3-8-15(14)23(22-11)10-16(24)21-13-6-4-5-12(9-13)17(18,19)20/h2-9H,10H2,1H3,(H,21,24). The maximum Gasteiger partial charge on any atom is 0.416 e. The summed E-state index contributed by atoms with van der Waals surface area (Å²) in [5.41, 5.74) is 0.885. The van der Waals surface area contributed by atoms with E-state index in [1.807, 2.05) is 31.2 Å². The van der Waals surface area contributed by atoms with Gasteiger partial charge in [0.15, 0.2) is 0 Å². The second-order valence-electron chi connectivity index (χ2n) is 5.39. The average Bonchev–Trinajstić information content (AvgIpc) is 2.83. The third-order valence-electron chi connectivity index (χ3n) is 3.61. The number of halogens is 3. The van der Waals surface area contributed by atoms with E-state index in [0.717, 1.165) is 28.7 Å². The van der Waals surface area contributed by atoms with E-state index in [9.17, 15) is 18.0 Å². The van der Waals surface area contributed by atoms with Gasteiger partial charge in [-0.3, -0.25) is 9.48 Å². The Morgan fingerprint density at radius 2 is 1.92 bits per heavy atom. The normalized spacial score (nSPS) is 11.7. The van der Waals surface area contributed by atoms with Crippen molar-refractivity contribution < 1.29 is 18.0 Å². The van der Waals surface area contributed by atoms with Crippen molar-refractivity contribution >= 4 is 22.5 Å². The van der Waals surface area contributed by atoms with Gasteiger partial charge in [0.1, 0.15) is 6.54 Å². The van der Waals surface area contributed by atoms with Gasteiger partial charge in [-0.15, -0.1) is 0 Å². The van der Waals surface area contributed by atoms with Gasteiger partial charge in [0, 0.05) is 11.1 Å². The summed E-state index contributed by atoms with van der Waals surface area (Å²) < 4.78 is 39.6. The lowest BCUT2D eigenvalue weighted by Gasteiger charge is -2.10. The number of nitrogens with zero attached hydrogens (tertiary/aromatic N) is 2. The summed E-state index contributed by atoms with van der Waals surface area (Å²) in [4.78, 5) is 12.1. The van der Waals surface area contributed by atoms with Gasteiger partial charge in [0.05, 0.1) is 16.8 Å². The Labute approximate surface area is 135 Å². The first kappa shape index (κ1) is 16.0. The second-order valence-corrected chi connectivity index (χ2v) is 5.39. The maximum absolute atomic E-state index is 12.7. The van der Waals surface area contributed by atoms with Crippen molar-refractivity contribution in [3.05, 3.63) is 59.8 Å². The van der Waals surface area contributed by atoms with Crippen molar-refractivity contribution in [2.24, 2.45) is 0 Å². The summed E-state index contributed by atoms with van der Waals surface area (Å²) in [6, 6.07) is 12.0. The maximum atomic E-state index is 12.7. The summed E-state index contributed by atoms with van der Waals surface area (Å²) >= 11 is 0. The molecule has 0 unspecified atom stereocenters. The molecule has 0 saturated carbocycles. The van der Waals surface area contributed by atoms with Crippen LogP contribution in [-0.4, -0.2) is 15.7 Å². The molecule has 0 aliphatic heterocycles. The number of aromatic nitrogens is 2. The van der Waals surface area contributed by atoms with E-state index >= 15 is 0 Å². The first-order valence-electron chi connectivity index (χ1n) is 7.24. The van der Waals surface area contributed by atoms with E-state index in [1.165, 1.54) is 16.8 Å². The van der Waals surface area contributed by atoms with Gasteiger partial charge in [-0.05, 0) is 31.2 Å². The molecule has 0 spiro atoms. The molecule has 3 aromatic rings. The van der Waals surface area contributed by atoms with Crippen LogP contribution in [0.3, 0.4) is 0 Å². The first-order valence-corrected chi connectivity index (χ1v) is 7.24. The lowest BCUT2D eigenvalue weighted by molar-refractivity contribution is -0.137. The van der Waals surface area contributed by atoms with Crippen LogP contribution in [0.5, 0.6) is 0 Å². The molecule has 4 nitrogen and oxygen atoms in total. The molecule has 1 amide bonds. The van der Waals surface area contributed by atoms with Crippen LogP contribution in [-0.2, 0) is 17.5 Å². The number of para-hydroxylation sites is 1. The van der Waals surface area contributed by atoms with Crippen LogP contribution in [0.25, 0.3) is 10.9 Å². The van der Waals surface area contributed by atoms with Gasteiger partial charge < -0.3 is 5.32 Å². The van der Waals surface area contributed by atoms with Gasteiger partial charge >= 0.3 is 6.18 Å². The smallest absolute Gasteiger partial charge is 0.324 e. The molecule has 2 aromatic carbocycles. The zero-order valence-electron chi connectivity index (χ0n) is 12.8. The van der Waals surface area contributed by atoms with Crippen LogP contribution in [0, 0.1) is 6.92 Å². The topological polar surface area (TPSA) is 46.9 Å². The average molecular weight is 333 g/mol. The van der Waals surface area contributed by atoms with Crippen LogP contribution in [0.2, 0.25) is 0 Å². The van der Waals surface area contributed by atoms with Crippen molar-refractivity contribution in [2.75, 3.05) is 5.32 Å². The summed E-state index contributed by atoms with van der Waals surface area (Å²) in [6.45, 7) is 1.76. The molecule has 0 saturated heterocycles. The molecule has 7 heteroatoms. The number of nitrogens with one attached hydrogen (secondary N) is 1. The number of fused-ring (bicyclic) bond motifs is 1. The zero-order chi connectivity index (χ0) is 17.3. The van der Waals surface area contributed by atoms with Crippen LogP contribution in [0.4, 0.5) is 18.9 Å². The first-order chi connectivity index (χ1) is 11.3. The lowest BCUT2D eigenvalue weighted by atomic mass is 10.2. The van der Waals surface area contributed by atoms with Crippen molar-refractivity contribution in [3.8, 4) is 0 Å². The Bertz CT molecular complexity index is 899. The van der Waals surface area contributed by atoms with E-state index in [-0.39, 0.29) is 12.2 Å². The number of rotatable bonds is 3. The fourth-order valence-corrected chi connectivity index (χ4v) is 2.52. The van der Waals surface area contributed by atoms with E-state index in [4.69, 9.17) is 0 Å². The molecule has 0 fully saturated rings. The Morgan fingerprint density at radius 1 is 1.17 bits per heavy atom. The van der Waals surface area contributed by atoms with E-state index in [2.05, 4.69) is 10.4 Å². The number of hydrogen-bond donors (Lipinski definition) is 1. The molecule has 0 radical (unpaired) electrons. The van der Waals surface area contributed by atoms with E-state index in [0.29, 0.717) is 0 Å². The van der Waals surface area contributed by atoms with Crippen molar-refractivity contribution in [2.45, 2.75) is 19.6 Å². The third-order valence-corrected chi connectivity index (χ3v) is 3.61. The summed E-state index contributed by atoms with van der Waals surface area (Å²) in [6.07, 6.45) is -4.45. The van der Waals surface area contributed by atoms with E-state index in [1.54, 1.807) is 0 Å². The Balaban J connectivity index is 1.78. The second kappa shape index (κ2) is 5.99. The number of carbonyl (C=O) groups is 1. The van der Waals surface area contributed by atoms with Crippen LogP contribution in [0.1, 0.15) is 11.3 Å². The Hall–Kier alpha value is -2.83. The predicted molar refractivity (Wildman–Crippen MR) is 84.5 cm³/mol. The highest BCUT2D eigenvalue weighted by molar-refractivity contribution is 5.92. The van der Waals surface area contributed by atoms with Gasteiger partial charge in [-0.25, -0.2) is 0 Å². The van der Waals surface area contributed by atoms with Crippen molar-refractivity contribution in [1.82, 2.24) is 9.78 Å². The van der Waals surface area contributed by atoms with Crippen molar-refractivity contribution in [1.29, 1.82) is 0 Å². The number of benzene rings is 2. The van der Waals surface area contributed by atoms with Gasteiger partial charge in [0.25, 0.3) is 0 Å². The van der Waals surface area contributed by atoms with Crippen LogP contribution in [0.15, 0.2) is 48.5 Å². The van der Waals surface area contributed by atoms with Gasteiger partial charge in [-0.1, -0.05) is 24.3 Å². The fraction of sp³-hybridized carbons (Fsp3) is 0.176. The van der Waals surface area contributed by atoms with Crippen molar-refractivity contribution in [3.63, 3.8) is 0 Å². The number of hydrogen-bond acceptors (Lipinski definition) is 2. The quantitative estimate of drug-likeness (QED) is 0.787. The number of anilines is 1. The molecule has 124 valence electrons. The largest absolute Gasteiger partial charge is 0.416 e. The molecular weight excluding hydrogens is 319 g/mol. The third kappa shape index (κ3) is 3.24. The van der Waals surface area contributed by atoms with Gasteiger partial charge in [-0.2, -0.15) is 18.3 Å². The minimum atomic E-state index is -4.45. The molecule has 1 aromatic heterocycles. The highest BCUT2D eigenvalue weighted by Crippen LogP contribution is 2.30. The van der Waals surface area contributed by atoms with E-state index < -0.39 is 17.6 Å². The summed E-state index contributed by atoms with van der Waals surface area (Å²) in [5, 5.41) is 7.72. The number of aryl methyl sites for hydroxylation is 1. The molecule has 1 N–H and O–H groups in total. The lowest BCUT2D eigenvalue weighted by Crippen LogP contribution is -2.20. The monoisotopic (exact) mass is 333 g/mol. The zero-order valence-corrected chi connectivity index (χ0v) is 12.8. The van der Waals surface area contributed by atoms with Crippen LogP contribution >= 0.6 is 0 Å². The Morgan fingerprint density at radius 3 is 2.67 bits per heavy atom. The SMILES string of the molecule is Cc1nn(CC(=O)Nc2cccc(C(F)(F)F)c2)c2ccccc12.